The Balaban J connectivity index is 1.49. The summed E-state index contributed by atoms with van der Waals surface area (Å²) < 4.78 is 3.58. The molecule has 128 valence electrons. The van der Waals surface area contributed by atoms with Crippen LogP contribution in [-0.2, 0) is 18.4 Å². The largest absolute Gasteiger partial charge is 0.393 e. The molecular weight excluding hydrogens is 306 g/mol. The summed E-state index contributed by atoms with van der Waals surface area (Å²) >= 11 is 0. The van der Waals surface area contributed by atoms with Crippen LogP contribution >= 0.6 is 0 Å². The highest BCUT2D eigenvalue weighted by molar-refractivity contribution is 5.85. The van der Waals surface area contributed by atoms with Crippen LogP contribution in [-0.4, -0.2) is 36.7 Å². The van der Waals surface area contributed by atoms with E-state index >= 15 is 0 Å². The molecule has 2 heterocycles. The zero-order chi connectivity index (χ0) is 16.7. The van der Waals surface area contributed by atoms with Gasteiger partial charge in [-0.25, -0.2) is 0 Å². The Hall–Kier alpha value is -2.15. The molecule has 0 unspecified atom stereocenters. The summed E-state index contributed by atoms with van der Waals surface area (Å²) in [5.41, 5.74) is 0.673. The number of nitrogens with one attached hydrogen (secondary N) is 1. The van der Waals surface area contributed by atoms with Gasteiger partial charge in [-0.2, -0.15) is 10.2 Å². The van der Waals surface area contributed by atoms with E-state index in [1.165, 1.54) is 0 Å². The molecular formula is C17H23N5O2. The molecule has 7 heteroatoms. The van der Waals surface area contributed by atoms with E-state index in [4.69, 9.17) is 0 Å². The lowest BCUT2D eigenvalue weighted by atomic mass is 9.75. The Bertz CT molecular complexity index is 713. The van der Waals surface area contributed by atoms with Gasteiger partial charge < -0.3 is 10.4 Å². The molecule has 2 aliphatic carbocycles. The summed E-state index contributed by atoms with van der Waals surface area (Å²) in [6.45, 7) is 0.624. The maximum atomic E-state index is 12.9. The fraction of sp³-hybridized carbons (Fsp3) is 0.588. The standard InChI is InChI=1S/C17H23N5O2/c1-21-10-13(9-19-21)15(12-7-14(23)8-12)20-16(24)17(3-4-17)11-22-6-2-5-18-22/h2,5-6,9-10,12,14-15,23H,3-4,7-8,11H2,1H3,(H,20,24)/t12?,14?,15-/m0/s1. The van der Waals surface area contributed by atoms with E-state index in [9.17, 15) is 9.90 Å². The van der Waals surface area contributed by atoms with Gasteiger partial charge in [0.1, 0.15) is 0 Å². The summed E-state index contributed by atoms with van der Waals surface area (Å²) in [5, 5.41) is 21.4. The third-order valence-electron chi connectivity index (χ3n) is 5.35. The van der Waals surface area contributed by atoms with Crippen LogP contribution < -0.4 is 5.32 Å². The van der Waals surface area contributed by atoms with Gasteiger partial charge in [-0.1, -0.05) is 0 Å². The second-order valence-corrected chi connectivity index (χ2v) is 7.27. The average molecular weight is 329 g/mol. The number of carbonyl (C=O) groups is 1. The van der Waals surface area contributed by atoms with E-state index in [-0.39, 0.29) is 29.4 Å². The van der Waals surface area contributed by atoms with Crippen LogP contribution in [0.1, 0.15) is 37.3 Å². The van der Waals surface area contributed by atoms with Crippen LogP contribution in [0.3, 0.4) is 0 Å². The number of aliphatic hydroxyl groups is 1. The number of aliphatic hydroxyl groups excluding tert-OH is 1. The van der Waals surface area contributed by atoms with Crippen molar-refractivity contribution in [1.29, 1.82) is 0 Å². The van der Waals surface area contributed by atoms with E-state index in [2.05, 4.69) is 15.5 Å². The highest BCUT2D eigenvalue weighted by atomic mass is 16.3. The summed E-state index contributed by atoms with van der Waals surface area (Å²) in [7, 11) is 1.87. The molecule has 2 fully saturated rings. The van der Waals surface area contributed by atoms with Gasteiger partial charge in [0, 0.05) is 31.2 Å². The number of aromatic nitrogens is 4. The number of hydrogen-bond acceptors (Lipinski definition) is 4. The molecule has 0 saturated heterocycles. The summed E-state index contributed by atoms with van der Waals surface area (Å²) in [6.07, 6.45) is 10.4. The Kier molecular flexibility index (Phi) is 3.68. The number of nitrogens with zero attached hydrogens (tertiary/aromatic N) is 4. The molecule has 0 radical (unpaired) electrons. The predicted octanol–water partition coefficient (Wildman–Crippen LogP) is 1.03. The lowest BCUT2D eigenvalue weighted by Gasteiger charge is -2.38. The smallest absolute Gasteiger partial charge is 0.228 e. The van der Waals surface area contributed by atoms with Crippen LogP contribution in [0.5, 0.6) is 0 Å². The van der Waals surface area contributed by atoms with Gasteiger partial charge in [0.15, 0.2) is 0 Å². The van der Waals surface area contributed by atoms with Crippen molar-refractivity contribution in [2.75, 3.05) is 0 Å². The second kappa shape index (κ2) is 5.73. The Morgan fingerprint density at radius 1 is 1.46 bits per heavy atom. The fourth-order valence-electron chi connectivity index (χ4n) is 3.58. The molecule has 7 nitrogen and oxygen atoms in total. The van der Waals surface area contributed by atoms with Gasteiger partial charge in [-0.15, -0.1) is 0 Å². The third-order valence-corrected chi connectivity index (χ3v) is 5.35. The molecule has 2 N–H and O–H groups in total. The monoisotopic (exact) mass is 329 g/mol. The molecule has 2 aromatic heterocycles. The predicted molar refractivity (Wildman–Crippen MR) is 86.7 cm³/mol. The maximum absolute atomic E-state index is 12.9. The lowest BCUT2D eigenvalue weighted by molar-refractivity contribution is -0.129. The van der Waals surface area contributed by atoms with Gasteiger partial charge in [0.2, 0.25) is 5.91 Å². The Morgan fingerprint density at radius 3 is 2.79 bits per heavy atom. The number of aryl methyl sites for hydroxylation is 1. The van der Waals surface area contributed by atoms with E-state index in [0.717, 1.165) is 31.2 Å². The van der Waals surface area contributed by atoms with E-state index in [1.54, 1.807) is 10.9 Å². The number of amides is 1. The van der Waals surface area contributed by atoms with Crippen LogP contribution in [0, 0.1) is 11.3 Å². The minimum atomic E-state index is -0.338. The number of carbonyl (C=O) groups excluding carboxylic acids is 1. The summed E-state index contributed by atoms with van der Waals surface area (Å²) in [4.78, 5) is 12.9. The maximum Gasteiger partial charge on any atom is 0.228 e. The minimum absolute atomic E-state index is 0.0790. The first kappa shape index (κ1) is 15.4. The van der Waals surface area contributed by atoms with E-state index in [0.29, 0.717) is 6.54 Å². The molecule has 2 aromatic rings. The molecule has 24 heavy (non-hydrogen) atoms. The summed E-state index contributed by atoms with van der Waals surface area (Å²) in [5.74, 6) is 0.363. The molecule has 4 rings (SSSR count). The third kappa shape index (κ3) is 2.84. The number of hydrogen-bond donors (Lipinski definition) is 2. The normalized spacial score (nSPS) is 25.8. The summed E-state index contributed by atoms with van der Waals surface area (Å²) in [6, 6.07) is 1.80. The van der Waals surface area contributed by atoms with Crippen molar-refractivity contribution >= 4 is 5.91 Å². The van der Waals surface area contributed by atoms with E-state index < -0.39 is 0 Å². The van der Waals surface area contributed by atoms with Gasteiger partial charge >= 0.3 is 0 Å². The first-order valence-corrected chi connectivity index (χ1v) is 8.51. The highest BCUT2D eigenvalue weighted by Crippen LogP contribution is 2.48. The zero-order valence-electron chi connectivity index (χ0n) is 13.8. The Morgan fingerprint density at radius 2 is 2.25 bits per heavy atom. The SMILES string of the molecule is Cn1cc([C@@H](NC(=O)C2(Cn3cccn3)CC2)C2CC(O)C2)cn1. The van der Waals surface area contributed by atoms with Crippen molar-refractivity contribution in [2.45, 2.75) is 44.4 Å². The van der Waals surface area contributed by atoms with Crippen LogP contribution in [0.2, 0.25) is 0 Å². The molecule has 1 atom stereocenters. The fourth-order valence-corrected chi connectivity index (χ4v) is 3.58. The molecule has 0 bridgehead atoms. The van der Waals surface area contributed by atoms with Crippen LogP contribution in [0.15, 0.2) is 30.9 Å². The van der Waals surface area contributed by atoms with Crippen LogP contribution in [0.4, 0.5) is 0 Å². The Labute approximate surface area is 140 Å². The van der Waals surface area contributed by atoms with Crippen LogP contribution in [0.25, 0.3) is 0 Å². The number of rotatable bonds is 6. The van der Waals surface area contributed by atoms with E-state index in [1.807, 2.05) is 36.4 Å². The first-order chi connectivity index (χ1) is 11.6. The zero-order valence-corrected chi connectivity index (χ0v) is 13.8. The average Bonchev–Trinajstić information content (AvgIpc) is 2.92. The van der Waals surface area contributed by atoms with Gasteiger partial charge in [0.25, 0.3) is 0 Å². The molecule has 0 spiro atoms. The molecule has 1 amide bonds. The van der Waals surface area contributed by atoms with Gasteiger partial charge in [-0.3, -0.25) is 14.2 Å². The van der Waals surface area contributed by atoms with Gasteiger partial charge in [-0.05, 0) is 37.7 Å². The minimum Gasteiger partial charge on any atom is -0.393 e. The van der Waals surface area contributed by atoms with Crippen molar-refractivity contribution in [3.8, 4) is 0 Å². The second-order valence-electron chi connectivity index (χ2n) is 7.27. The van der Waals surface area contributed by atoms with Crippen molar-refractivity contribution < 1.29 is 9.90 Å². The molecule has 0 aromatic carbocycles. The lowest BCUT2D eigenvalue weighted by Crippen LogP contribution is -2.44. The molecule has 2 saturated carbocycles. The first-order valence-electron chi connectivity index (χ1n) is 8.51. The van der Waals surface area contributed by atoms with Crippen molar-refractivity contribution in [1.82, 2.24) is 24.9 Å². The quantitative estimate of drug-likeness (QED) is 0.829. The highest BCUT2D eigenvalue weighted by Gasteiger charge is 2.51. The van der Waals surface area contributed by atoms with Crippen molar-refractivity contribution in [3.05, 3.63) is 36.4 Å². The van der Waals surface area contributed by atoms with Crippen molar-refractivity contribution in [3.63, 3.8) is 0 Å². The van der Waals surface area contributed by atoms with Crippen molar-refractivity contribution in [2.24, 2.45) is 18.4 Å². The topological polar surface area (TPSA) is 85.0 Å². The van der Waals surface area contributed by atoms with Gasteiger partial charge in [0.05, 0.1) is 30.3 Å². The molecule has 2 aliphatic rings. The molecule has 0 aliphatic heterocycles.